The van der Waals surface area contributed by atoms with Gasteiger partial charge in [-0.15, -0.1) is 36.3 Å². The van der Waals surface area contributed by atoms with Gasteiger partial charge in [-0.3, -0.25) is 67.1 Å². The first-order valence-corrected chi connectivity index (χ1v) is 26.6. The zero-order chi connectivity index (χ0) is 63.4. The van der Waals surface area contributed by atoms with Crippen LogP contribution in [0.5, 0.6) is 5.75 Å². The van der Waals surface area contributed by atoms with Crippen molar-refractivity contribution in [3.05, 3.63) is 90.1 Å². The van der Waals surface area contributed by atoms with Crippen molar-refractivity contribution < 1.29 is 103 Å². The molecule has 10 atom stereocenters. The van der Waals surface area contributed by atoms with Crippen LogP contribution in [-0.2, 0) is 80.0 Å². The first-order valence-electron chi connectivity index (χ1n) is 26.6. The molecule has 1 aliphatic carbocycles. The fourth-order valence-corrected chi connectivity index (χ4v) is 8.98. The van der Waals surface area contributed by atoms with E-state index in [1.54, 1.807) is 0 Å². The zero-order valence-electron chi connectivity index (χ0n) is 45.9. The van der Waals surface area contributed by atoms with Gasteiger partial charge in [0.1, 0.15) is 60.1 Å². The number of allylic oxidation sites excluding steroid dienone is 4. The highest BCUT2D eigenvalue weighted by molar-refractivity contribution is 6.00. The number of aromatic hydroxyl groups is 1. The molecule has 5 rings (SSSR count). The quantitative estimate of drug-likeness (QED) is 0.0315. The molecule has 2 saturated heterocycles. The summed E-state index contributed by atoms with van der Waals surface area (Å²) in [6, 6.07) is -9.85. The number of aromatic amines is 1. The van der Waals surface area contributed by atoms with Crippen LogP contribution in [0.1, 0.15) is 69.5 Å². The molecule has 3 heterocycles. The second kappa shape index (κ2) is 31.4. The third-order valence-corrected chi connectivity index (χ3v) is 13.4. The maximum Gasteiger partial charge on any atom is 0.320 e. The van der Waals surface area contributed by atoms with Crippen molar-refractivity contribution in [2.75, 3.05) is 13.1 Å². The number of carbonyl (C=O) groups excluding carboxylic acids is 10. The number of imidazole rings is 1. The Morgan fingerprint density at radius 2 is 1.33 bits per heavy atom. The molecule has 0 bridgehead atoms. The van der Waals surface area contributed by atoms with Gasteiger partial charge in [-0.1, -0.05) is 12.1 Å². The lowest BCUT2D eigenvalue weighted by Crippen LogP contribution is -2.61. The number of rotatable bonds is 31. The van der Waals surface area contributed by atoms with Crippen molar-refractivity contribution >= 4 is 82.9 Å². The van der Waals surface area contributed by atoms with Gasteiger partial charge in [0, 0.05) is 49.9 Å². The summed E-state index contributed by atoms with van der Waals surface area (Å²) in [6.07, 6.45) is 3.16. The van der Waals surface area contributed by atoms with Crippen LogP contribution < -0.4 is 47.9 Å². The number of nitrogens with one attached hydrogen (secondary N) is 10. The second-order valence-electron chi connectivity index (χ2n) is 20.0. The summed E-state index contributed by atoms with van der Waals surface area (Å²) in [6.45, 7) is 0.125. The van der Waals surface area contributed by atoms with Crippen LogP contribution in [0.3, 0.4) is 0 Å². The lowest BCUT2D eigenvalue weighted by molar-refractivity contribution is -0.143. The van der Waals surface area contributed by atoms with Gasteiger partial charge < -0.3 is 93.5 Å². The number of H-pyrrole nitrogens is 1. The predicted molar refractivity (Wildman–Crippen MR) is 289 cm³/mol. The second-order valence-corrected chi connectivity index (χ2v) is 20.0. The summed E-state index contributed by atoms with van der Waals surface area (Å²) >= 11 is 0. The molecule has 1 aromatic heterocycles. The molecule has 3 aliphatic rings. The van der Waals surface area contributed by atoms with Gasteiger partial charge in [-0.25, -0.2) is 4.98 Å². The molecule has 0 radical (unpaired) electrons. The van der Waals surface area contributed by atoms with Crippen LogP contribution in [0.4, 0.5) is 0 Å². The van der Waals surface area contributed by atoms with E-state index in [2.05, 4.69) is 57.8 Å². The van der Waals surface area contributed by atoms with E-state index in [-0.39, 0.29) is 60.1 Å². The molecule has 2 fully saturated rings. The standard InChI is InChI=1S/C53H65N12O21/c1-25(66)44(51(83)62-33(17-26-4-8-29(67)9-5-26)46(78)60-35(20-42(73)74)49(81)63-37(53(85)86)18-27-6-10-30(68)11-7-27)64-40(70)23-55-45(77)31(13-15-41(71)72)58-47(79)34(19-28-22-54-24-56-28)59-48(80)36(21-43(75)76)61-50(82)38-3-2-16-65(38)52(84)32-12-14-39(69)57-32/h4-11,18,22,24-25,31-38,44,66-68H,2-3,12-17,19-21,23H2,1H3,(H,54,56)(H,55,77)(H,57,69)(H,58,79)(H,59,80)(H,60,78)(H,61,82)(H,62,83)(H,63,81)(H,64,70)(H,71,72)(H,73,74)(H,75,76)(H,85,86)/q-1/t25-,31+,32+,33+,34+,35+,36+,37+,38+,44+/m1/s1. The topological polar surface area (TPSA) is 521 Å². The van der Waals surface area contributed by atoms with Crippen molar-refractivity contribution in [3.63, 3.8) is 0 Å². The fraction of sp³-hybridized carbons (Fsp3) is 0.434. The van der Waals surface area contributed by atoms with E-state index in [1.807, 2.05) is 0 Å². The Bertz CT molecular complexity index is 3000. The van der Waals surface area contributed by atoms with E-state index in [0.29, 0.717) is 6.42 Å². The molecule has 33 nitrogen and oxygen atoms in total. The average Bonchev–Trinajstić information content (AvgIpc) is 4.20. The number of likely N-dealkylation sites (tertiary alicyclic amines) is 1. The van der Waals surface area contributed by atoms with Crippen molar-refractivity contribution in [1.29, 1.82) is 0 Å². The summed E-state index contributed by atoms with van der Waals surface area (Å²) in [5.74, 6) is -17.0. The van der Waals surface area contributed by atoms with Crippen LogP contribution in [0.25, 0.3) is 0 Å². The molecule has 2 aliphatic heterocycles. The molecule has 0 saturated carbocycles. The van der Waals surface area contributed by atoms with Crippen LogP contribution in [0.15, 0.2) is 72.4 Å². The number of carboxylic acid groups (broad SMARTS) is 4. The Morgan fingerprint density at radius 3 is 1.90 bits per heavy atom. The van der Waals surface area contributed by atoms with Gasteiger partial charge in [0.05, 0.1) is 31.8 Å². The van der Waals surface area contributed by atoms with Crippen molar-refractivity contribution in [2.24, 2.45) is 0 Å². The van der Waals surface area contributed by atoms with E-state index in [0.717, 1.165) is 13.0 Å². The maximum atomic E-state index is 14.1. The maximum absolute atomic E-state index is 14.1. The number of aromatic nitrogens is 2. The normalized spacial score (nSPS) is 18.5. The highest BCUT2D eigenvalue weighted by Crippen LogP contribution is 2.22. The Hall–Kier alpha value is -10.3. The molecule has 10 amide bonds. The SMILES string of the molecule is C[C@@H](O)[C@H](NC(=O)CNC(=O)[C@H](CCC(=O)O)NC(=O)[C@H](Cc1cnc[nH]1)NC(=O)[C@H](CC(=O)O)NC(=O)[C@@H]1CCCN1C(=O)[C@@H]1CCC(=O)N1)C(=O)N[C@@H](Cc1ccc(O)cc1)C(=O)N[C@@H](CC(=O)O)C(=O)N[C@@H](/C=C1/C=CC(O)=C[CH-]1)C(=O)O. The minimum absolute atomic E-state index is 0.0902. The third kappa shape index (κ3) is 20.5. The minimum Gasteiger partial charge on any atom is -0.551 e. The monoisotopic (exact) mass is 1210 g/mol. The minimum atomic E-state index is -1.99. The predicted octanol–water partition coefficient (Wildman–Crippen LogP) is -4.90. The number of amides is 10. The number of carboxylic acids is 4. The van der Waals surface area contributed by atoms with Gasteiger partial charge >= 0.3 is 23.9 Å². The summed E-state index contributed by atoms with van der Waals surface area (Å²) in [5.41, 5.74) is 0.673. The number of phenols is 1. The van der Waals surface area contributed by atoms with E-state index < -0.39 is 183 Å². The smallest absolute Gasteiger partial charge is 0.320 e. The highest BCUT2D eigenvalue weighted by Gasteiger charge is 2.41. The third-order valence-electron chi connectivity index (χ3n) is 13.4. The molecule has 0 unspecified atom stereocenters. The Morgan fingerprint density at radius 1 is 0.721 bits per heavy atom. The molecule has 33 heteroatoms. The average molecular weight is 1210 g/mol. The van der Waals surface area contributed by atoms with E-state index in [4.69, 9.17) is 0 Å². The molecular formula is C53H65N12O21-. The summed E-state index contributed by atoms with van der Waals surface area (Å²) < 4.78 is 0. The van der Waals surface area contributed by atoms with Crippen LogP contribution in [0, 0.1) is 6.42 Å². The summed E-state index contributed by atoms with van der Waals surface area (Å²) in [4.78, 5) is 191. The Balaban J connectivity index is 1.28. The summed E-state index contributed by atoms with van der Waals surface area (Å²) in [5, 5.41) is 89.3. The molecule has 464 valence electrons. The number of hydrogen-bond acceptors (Lipinski definition) is 18. The van der Waals surface area contributed by atoms with E-state index >= 15 is 0 Å². The number of aliphatic hydroxyl groups is 2. The largest absolute Gasteiger partial charge is 0.551 e. The molecule has 0 spiro atoms. The fourth-order valence-electron chi connectivity index (χ4n) is 8.98. The number of hydrogen-bond donors (Lipinski definition) is 17. The number of phenolic OH excluding ortho intramolecular Hbond substituents is 1. The van der Waals surface area contributed by atoms with Crippen LogP contribution in [0.2, 0.25) is 0 Å². The van der Waals surface area contributed by atoms with Gasteiger partial charge in [0.2, 0.25) is 59.1 Å². The van der Waals surface area contributed by atoms with E-state index in [1.165, 1.54) is 66.3 Å². The van der Waals surface area contributed by atoms with Crippen LogP contribution >= 0.6 is 0 Å². The lowest BCUT2D eigenvalue weighted by atomic mass is 10.0. The number of aliphatic hydroxyl groups excluding tert-OH is 2. The Labute approximate surface area is 487 Å². The number of aliphatic carboxylic acids is 4. The van der Waals surface area contributed by atoms with Crippen molar-refractivity contribution in [3.8, 4) is 5.75 Å². The lowest BCUT2D eigenvalue weighted by Gasteiger charge is -2.28. The molecule has 17 N–H and O–H groups in total. The van der Waals surface area contributed by atoms with E-state index in [9.17, 15) is 103 Å². The van der Waals surface area contributed by atoms with Gasteiger partial charge in [-0.2, -0.15) is 0 Å². The molecule has 1 aromatic carbocycles. The number of benzene rings is 1. The number of carbonyl (C=O) groups is 14. The van der Waals surface area contributed by atoms with Crippen molar-refractivity contribution in [1.82, 2.24) is 62.7 Å². The Kier molecular flexibility index (Phi) is 24.2. The molecule has 2 aromatic rings. The zero-order valence-corrected chi connectivity index (χ0v) is 45.9. The molecule has 86 heavy (non-hydrogen) atoms. The first kappa shape index (κ1) is 66.5. The number of nitrogens with zero attached hydrogens (tertiary/aromatic N) is 2. The van der Waals surface area contributed by atoms with Crippen LogP contribution in [-0.4, -0.2) is 207 Å². The van der Waals surface area contributed by atoms with Gasteiger partial charge in [-0.05, 0) is 50.3 Å². The van der Waals surface area contributed by atoms with Gasteiger partial charge in [0.15, 0.2) is 0 Å². The first-order chi connectivity index (χ1) is 40.7. The summed E-state index contributed by atoms with van der Waals surface area (Å²) in [7, 11) is 0. The van der Waals surface area contributed by atoms with Gasteiger partial charge in [0.25, 0.3) is 0 Å². The highest BCUT2D eigenvalue weighted by atomic mass is 16.4. The van der Waals surface area contributed by atoms with Crippen molar-refractivity contribution in [2.45, 2.75) is 132 Å². The molecular weight excluding hydrogens is 1140 g/mol.